The van der Waals surface area contributed by atoms with Crippen LogP contribution in [-0.4, -0.2) is 32.8 Å². The summed E-state index contributed by atoms with van der Waals surface area (Å²) in [7, 11) is 1.77. The van der Waals surface area contributed by atoms with Crippen LogP contribution in [0.5, 0.6) is 0 Å². The van der Waals surface area contributed by atoms with E-state index in [0.717, 1.165) is 19.7 Å². The van der Waals surface area contributed by atoms with E-state index in [1.165, 1.54) is 28.6 Å². The predicted molar refractivity (Wildman–Crippen MR) is 88.5 cm³/mol. The van der Waals surface area contributed by atoms with E-state index in [1.54, 1.807) is 7.11 Å². The molecule has 1 aliphatic rings. The highest BCUT2D eigenvalue weighted by molar-refractivity contribution is 9.10. The normalized spacial score (nSPS) is 16.2. The van der Waals surface area contributed by atoms with Crippen molar-refractivity contribution >= 4 is 21.6 Å². The number of halogens is 1. The van der Waals surface area contributed by atoms with Gasteiger partial charge in [0.1, 0.15) is 0 Å². The first-order chi connectivity index (χ1) is 9.67. The largest absolute Gasteiger partial charge is 0.383 e. The van der Waals surface area contributed by atoms with Crippen LogP contribution in [0, 0.1) is 0 Å². The number of hydrogen-bond acceptors (Lipinski definition) is 3. The molecule has 1 fully saturated rings. The van der Waals surface area contributed by atoms with Crippen molar-refractivity contribution in [2.24, 2.45) is 0 Å². The Hall–Kier alpha value is -0.580. The smallest absolute Gasteiger partial charge is 0.0637 e. The van der Waals surface area contributed by atoms with E-state index in [4.69, 9.17) is 4.74 Å². The molecular formula is C16H25BrN2O. The monoisotopic (exact) mass is 340 g/mol. The summed E-state index contributed by atoms with van der Waals surface area (Å²) in [5, 5.41) is 3.45. The lowest BCUT2D eigenvalue weighted by Crippen LogP contribution is -2.29. The highest BCUT2D eigenvalue weighted by Crippen LogP contribution is 2.36. The van der Waals surface area contributed by atoms with Crippen molar-refractivity contribution in [3.8, 4) is 0 Å². The van der Waals surface area contributed by atoms with Gasteiger partial charge in [-0.15, -0.1) is 0 Å². The van der Waals surface area contributed by atoms with Gasteiger partial charge in [0.2, 0.25) is 0 Å². The van der Waals surface area contributed by atoms with Crippen LogP contribution in [0.1, 0.15) is 38.3 Å². The number of ether oxygens (including phenoxy) is 1. The van der Waals surface area contributed by atoms with Gasteiger partial charge >= 0.3 is 0 Å². The van der Waals surface area contributed by atoms with Gasteiger partial charge in [-0.05, 0) is 59.9 Å². The fourth-order valence-electron chi connectivity index (χ4n) is 2.53. The summed E-state index contributed by atoms with van der Waals surface area (Å²) in [6.07, 6.45) is 2.59. The lowest BCUT2D eigenvalue weighted by molar-refractivity contribution is 0.205. The second-order valence-corrected chi connectivity index (χ2v) is 6.26. The second-order valence-electron chi connectivity index (χ2n) is 5.41. The van der Waals surface area contributed by atoms with E-state index >= 15 is 0 Å². The first-order valence-corrected chi connectivity index (χ1v) is 8.25. The molecule has 4 heteroatoms. The molecule has 1 N–H and O–H groups in total. The Bertz CT molecular complexity index is 434. The lowest BCUT2D eigenvalue weighted by Gasteiger charge is -2.26. The van der Waals surface area contributed by atoms with Crippen LogP contribution in [0.25, 0.3) is 0 Å². The van der Waals surface area contributed by atoms with Crippen LogP contribution >= 0.6 is 15.9 Å². The summed E-state index contributed by atoms with van der Waals surface area (Å²) in [5.41, 5.74) is 2.61. The van der Waals surface area contributed by atoms with Gasteiger partial charge in [0.05, 0.1) is 12.3 Å². The number of hydrogen-bond donors (Lipinski definition) is 1. The Kier molecular flexibility index (Phi) is 5.87. The van der Waals surface area contributed by atoms with Crippen molar-refractivity contribution in [2.75, 3.05) is 31.7 Å². The average molecular weight is 341 g/mol. The van der Waals surface area contributed by atoms with E-state index < -0.39 is 0 Å². The molecule has 1 aromatic rings. The third-order valence-corrected chi connectivity index (χ3v) is 4.45. The van der Waals surface area contributed by atoms with Gasteiger partial charge in [-0.2, -0.15) is 0 Å². The molecule has 112 valence electrons. The van der Waals surface area contributed by atoms with Gasteiger partial charge in [0.15, 0.2) is 0 Å². The zero-order chi connectivity index (χ0) is 14.5. The van der Waals surface area contributed by atoms with Crippen LogP contribution in [0.2, 0.25) is 0 Å². The van der Waals surface area contributed by atoms with Crippen LogP contribution < -0.4 is 10.2 Å². The minimum Gasteiger partial charge on any atom is -0.383 e. The van der Waals surface area contributed by atoms with Crippen molar-refractivity contribution in [2.45, 2.75) is 38.8 Å². The minimum atomic E-state index is 0.388. The maximum atomic E-state index is 5.24. The third kappa shape index (κ3) is 3.96. The van der Waals surface area contributed by atoms with E-state index in [0.29, 0.717) is 12.1 Å². The molecule has 1 unspecified atom stereocenters. The van der Waals surface area contributed by atoms with Crippen molar-refractivity contribution in [1.29, 1.82) is 0 Å². The summed E-state index contributed by atoms with van der Waals surface area (Å²) in [5.74, 6) is 0. The van der Waals surface area contributed by atoms with E-state index in [9.17, 15) is 0 Å². The topological polar surface area (TPSA) is 24.5 Å². The molecular weight excluding hydrogens is 316 g/mol. The van der Waals surface area contributed by atoms with Gasteiger partial charge in [-0.3, -0.25) is 0 Å². The minimum absolute atomic E-state index is 0.388. The molecule has 0 spiro atoms. The zero-order valence-electron chi connectivity index (χ0n) is 12.7. The lowest BCUT2D eigenvalue weighted by atomic mass is 10.1. The van der Waals surface area contributed by atoms with Gasteiger partial charge in [0, 0.05) is 30.2 Å². The molecule has 0 amide bonds. The molecule has 2 rings (SSSR count). The summed E-state index contributed by atoms with van der Waals surface area (Å²) in [6.45, 7) is 7.07. The van der Waals surface area contributed by atoms with Crippen LogP contribution in [0.3, 0.4) is 0 Å². The van der Waals surface area contributed by atoms with Crippen LogP contribution in [0.15, 0.2) is 22.7 Å². The molecule has 0 aromatic heterocycles. The number of anilines is 1. The molecule has 0 bridgehead atoms. The van der Waals surface area contributed by atoms with E-state index in [-0.39, 0.29) is 0 Å². The number of rotatable bonds is 8. The van der Waals surface area contributed by atoms with E-state index in [2.05, 4.69) is 58.2 Å². The van der Waals surface area contributed by atoms with Gasteiger partial charge in [-0.25, -0.2) is 0 Å². The highest BCUT2D eigenvalue weighted by atomic mass is 79.9. The number of nitrogens with one attached hydrogen (secondary N) is 1. The predicted octanol–water partition coefficient (Wildman–Crippen LogP) is 3.73. The molecule has 1 saturated carbocycles. The summed E-state index contributed by atoms with van der Waals surface area (Å²) in [4.78, 5) is 2.47. The fourth-order valence-corrected chi connectivity index (χ4v) is 3.15. The SMILES string of the molecule is CCNC(C)c1ccc(N(CCOC)C2CC2)c(Br)c1. The molecule has 1 atom stereocenters. The van der Waals surface area contributed by atoms with Crippen LogP contribution in [-0.2, 0) is 4.74 Å². The maximum absolute atomic E-state index is 5.24. The molecule has 20 heavy (non-hydrogen) atoms. The average Bonchev–Trinajstić information content (AvgIpc) is 3.25. The summed E-state index contributed by atoms with van der Waals surface area (Å²) >= 11 is 3.74. The number of benzene rings is 1. The summed E-state index contributed by atoms with van der Waals surface area (Å²) in [6, 6.07) is 7.79. The summed E-state index contributed by atoms with van der Waals surface area (Å²) < 4.78 is 6.42. The maximum Gasteiger partial charge on any atom is 0.0637 e. The Labute approximate surface area is 130 Å². The Morgan fingerprint density at radius 2 is 2.20 bits per heavy atom. The standard InChI is InChI=1S/C16H25BrN2O/c1-4-18-12(2)13-5-8-16(15(17)11-13)19(9-10-20-3)14-6-7-14/h5,8,11-12,14,18H,4,6-7,9-10H2,1-3H3. The van der Waals surface area contributed by atoms with Crippen molar-refractivity contribution in [3.63, 3.8) is 0 Å². The number of nitrogens with zero attached hydrogens (tertiary/aromatic N) is 1. The molecule has 0 saturated heterocycles. The third-order valence-electron chi connectivity index (χ3n) is 3.82. The highest BCUT2D eigenvalue weighted by Gasteiger charge is 2.30. The fraction of sp³-hybridized carbons (Fsp3) is 0.625. The number of methoxy groups -OCH3 is 1. The van der Waals surface area contributed by atoms with E-state index in [1.807, 2.05) is 0 Å². The molecule has 0 aliphatic heterocycles. The van der Waals surface area contributed by atoms with Crippen LogP contribution in [0.4, 0.5) is 5.69 Å². The first-order valence-electron chi connectivity index (χ1n) is 7.45. The Morgan fingerprint density at radius 1 is 1.45 bits per heavy atom. The molecule has 1 aromatic carbocycles. The molecule has 3 nitrogen and oxygen atoms in total. The first kappa shape index (κ1) is 15.8. The quantitative estimate of drug-likeness (QED) is 0.780. The van der Waals surface area contributed by atoms with Gasteiger partial charge in [0.25, 0.3) is 0 Å². The van der Waals surface area contributed by atoms with Crippen molar-refractivity contribution in [3.05, 3.63) is 28.2 Å². The molecule has 0 heterocycles. The molecule has 0 radical (unpaired) electrons. The zero-order valence-corrected chi connectivity index (χ0v) is 14.2. The second kappa shape index (κ2) is 7.43. The Morgan fingerprint density at radius 3 is 2.75 bits per heavy atom. The van der Waals surface area contributed by atoms with Gasteiger partial charge < -0.3 is 15.0 Å². The van der Waals surface area contributed by atoms with Crippen molar-refractivity contribution in [1.82, 2.24) is 5.32 Å². The molecule has 1 aliphatic carbocycles. The van der Waals surface area contributed by atoms with Gasteiger partial charge in [-0.1, -0.05) is 13.0 Å². The van der Waals surface area contributed by atoms with Crippen molar-refractivity contribution < 1.29 is 4.74 Å². The Balaban J connectivity index is 2.14.